The van der Waals surface area contributed by atoms with Gasteiger partial charge in [-0.25, -0.2) is 14.8 Å². The van der Waals surface area contributed by atoms with E-state index in [1.165, 1.54) is 25.4 Å². The van der Waals surface area contributed by atoms with Crippen LogP contribution in [0.2, 0.25) is 0 Å². The second-order valence-electron chi connectivity index (χ2n) is 4.19. The number of nitrogens with two attached hydrogens (primary N) is 1. The minimum absolute atomic E-state index is 0.0835. The Morgan fingerprint density at radius 1 is 1.41 bits per heavy atom. The smallest absolute Gasteiger partial charge is 0.418 e. The van der Waals surface area contributed by atoms with E-state index in [1.54, 1.807) is 0 Å². The third-order valence-corrected chi connectivity index (χ3v) is 2.78. The molecule has 116 valence electrons. The summed E-state index contributed by atoms with van der Waals surface area (Å²) in [7, 11) is 1.23. The average molecular weight is 313 g/mol. The third kappa shape index (κ3) is 2.78. The van der Waals surface area contributed by atoms with Gasteiger partial charge in [-0.05, 0) is 18.2 Å². The molecule has 22 heavy (non-hydrogen) atoms. The second-order valence-corrected chi connectivity index (χ2v) is 4.19. The summed E-state index contributed by atoms with van der Waals surface area (Å²) in [5, 5.41) is 8.99. The minimum atomic E-state index is -4.77. The van der Waals surface area contributed by atoms with Crippen LogP contribution in [0, 0.1) is 0 Å². The zero-order valence-corrected chi connectivity index (χ0v) is 11.2. The number of methoxy groups -OCH3 is 1. The number of rotatable bonds is 3. The minimum Gasteiger partial charge on any atom is -0.481 e. The lowest BCUT2D eigenvalue weighted by Gasteiger charge is -2.15. The molecule has 0 atom stereocenters. The first kappa shape index (κ1) is 15.5. The molecule has 6 nitrogen and oxygen atoms in total. The maximum atomic E-state index is 13.2. The molecule has 3 N–H and O–H groups in total. The van der Waals surface area contributed by atoms with Gasteiger partial charge in [0.2, 0.25) is 5.88 Å². The molecule has 0 saturated heterocycles. The van der Waals surface area contributed by atoms with Crippen molar-refractivity contribution in [3.05, 3.63) is 35.7 Å². The molecule has 2 aromatic heterocycles. The Morgan fingerprint density at radius 2 is 2.09 bits per heavy atom. The fourth-order valence-corrected chi connectivity index (χ4v) is 1.86. The van der Waals surface area contributed by atoms with Crippen LogP contribution in [0.1, 0.15) is 16.1 Å². The van der Waals surface area contributed by atoms with Gasteiger partial charge in [0.25, 0.3) is 0 Å². The maximum Gasteiger partial charge on any atom is 0.418 e. The molecule has 0 bridgehead atoms. The van der Waals surface area contributed by atoms with E-state index in [1.807, 2.05) is 0 Å². The number of pyridine rings is 2. The summed E-state index contributed by atoms with van der Waals surface area (Å²) in [6, 6.07) is 3.22. The number of alkyl halides is 3. The van der Waals surface area contributed by atoms with Crippen molar-refractivity contribution >= 4 is 11.7 Å². The summed E-state index contributed by atoms with van der Waals surface area (Å²) in [4.78, 5) is 18.4. The van der Waals surface area contributed by atoms with E-state index in [9.17, 15) is 18.0 Å². The Hall–Kier alpha value is -2.84. The monoisotopic (exact) mass is 313 g/mol. The molecule has 2 aromatic rings. The molecule has 2 rings (SSSR count). The van der Waals surface area contributed by atoms with Crippen LogP contribution < -0.4 is 10.5 Å². The Bertz CT molecular complexity index is 732. The van der Waals surface area contributed by atoms with Crippen LogP contribution >= 0.6 is 0 Å². The molecule has 0 aliphatic rings. The fourth-order valence-electron chi connectivity index (χ4n) is 1.86. The summed E-state index contributed by atoms with van der Waals surface area (Å²) >= 11 is 0. The lowest BCUT2D eigenvalue weighted by molar-refractivity contribution is -0.137. The van der Waals surface area contributed by atoms with Crippen molar-refractivity contribution in [3.63, 3.8) is 0 Å². The Balaban J connectivity index is 2.82. The van der Waals surface area contributed by atoms with E-state index in [2.05, 4.69) is 9.97 Å². The summed E-state index contributed by atoms with van der Waals surface area (Å²) in [6.45, 7) is 0. The third-order valence-electron chi connectivity index (χ3n) is 2.78. The molecular weight excluding hydrogens is 303 g/mol. The molecule has 0 aromatic carbocycles. The summed E-state index contributed by atoms with van der Waals surface area (Å²) in [6.07, 6.45) is -3.45. The molecule has 0 spiro atoms. The Morgan fingerprint density at radius 3 is 2.64 bits per heavy atom. The number of hydrogen-bond acceptors (Lipinski definition) is 5. The van der Waals surface area contributed by atoms with Gasteiger partial charge < -0.3 is 15.6 Å². The van der Waals surface area contributed by atoms with Crippen molar-refractivity contribution in [2.45, 2.75) is 6.18 Å². The number of anilines is 1. The van der Waals surface area contributed by atoms with Crippen LogP contribution in [-0.4, -0.2) is 28.2 Å². The molecule has 0 aliphatic heterocycles. The van der Waals surface area contributed by atoms with Gasteiger partial charge in [-0.15, -0.1) is 0 Å². The predicted molar refractivity (Wildman–Crippen MR) is 70.4 cm³/mol. The standard InChI is InChI=1S/C13H10F3N3O3/c1-22-11-6(3-2-4-18-11)9-7(13(14,15)16)5-8(17)10(19-9)12(20)21/h2-5H,17H2,1H3,(H,20,21). The predicted octanol–water partition coefficient (Wildman–Crippen LogP) is 2.45. The first-order chi connectivity index (χ1) is 10.3. The van der Waals surface area contributed by atoms with Crippen LogP contribution in [-0.2, 0) is 6.18 Å². The number of nitrogens with zero attached hydrogens (tertiary/aromatic N) is 2. The Kier molecular flexibility index (Phi) is 3.89. The number of nitrogen functional groups attached to an aromatic ring is 1. The SMILES string of the molecule is COc1ncccc1-c1nc(C(=O)O)c(N)cc1C(F)(F)F. The number of halogens is 3. The zero-order valence-electron chi connectivity index (χ0n) is 11.2. The number of aromatic nitrogens is 2. The molecule has 9 heteroatoms. The molecule has 0 unspecified atom stereocenters. The van der Waals surface area contributed by atoms with E-state index in [0.717, 1.165) is 0 Å². The van der Waals surface area contributed by atoms with Crippen LogP contribution in [0.5, 0.6) is 5.88 Å². The van der Waals surface area contributed by atoms with Gasteiger partial charge in [0.05, 0.1) is 29.6 Å². The Labute approximate surface area is 122 Å². The lowest BCUT2D eigenvalue weighted by Crippen LogP contribution is -2.14. The van der Waals surface area contributed by atoms with E-state index in [0.29, 0.717) is 6.07 Å². The number of carboxylic acids is 1. The van der Waals surface area contributed by atoms with Crippen LogP contribution in [0.15, 0.2) is 24.4 Å². The zero-order chi connectivity index (χ0) is 16.5. The van der Waals surface area contributed by atoms with Gasteiger partial charge in [0.15, 0.2) is 5.69 Å². The highest BCUT2D eigenvalue weighted by atomic mass is 19.4. The van der Waals surface area contributed by atoms with E-state index in [4.69, 9.17) is 15.6 Å². The molecule has 0 fully saturated rings. The molecule has 0 radical (unpaired) electrons. The van der Waals surface area contributed by atoms with E-state index in [-0.39, 0.29) is 11.4 Å². The number of carbonyl (C=O) groups is 1. The van der Waals surface area contributed by atoms with Crippen molar-refractivity contribution < 1.29 is 27.8 Å². The topological polar surface area (TPSA) is 98.3 Å². The highest BCUT2D eigenvalue weighted by molar-refractivity contribution is 5.92. The largest absolute Gasteiger partial charge is 0.481 e. The van der Waals surface area contributed by atoms with E-state index >= 15 is 0 Å². The molecule has 0 saturated carbocycles. The average Bonchev–Trinajstić information content (AvgIpc) is 2.45. The maximum absolute atomic E-state index is 13.2. The second kappa shape index (κ2) is 5.51. The van der Waals surface area contributed by atoms with Gasteiger partial charge >= 0.3 is 12.1 Å². The lowest BCUT2D eigenvalue weighted by atomic mass is 10.0. The molecule has 2 heterocycles. The van der Waals surface area contributed by atoms with Gasteiger partial charge in [-0.3, -0.25) is 0 Å². The molecular formula is C13H10F3N3O3. The van der Waals surface area contributed by atoms with Gasteiger partial charge in [-0.1, -0.05) is 0 Å². The first-order valence-corrected chi connectivity index (χ1v) is 5.86. The summed E-state index contributed by atoms with van der Waals surface area (Å²) < 4.78 is 44.4. The van der Waals surface area contributed by atoms with Gasteiger partial charge in [-0.2, -0.15) is 13.2 Å². The van der Waals surface area contributed by atoms with Crippen LogP contribution in [0.25, 0.3) is 11.3 Å². The highest BCUT2D eigenvalue weighted by Crippen LogP contribution is 2.39. The van der Waals surface area contributed by atoms with Crippen molar-refractivity contribution in [2.75, 3.05) is 12.8 Å². The van der Waals surface area contributed by atoms with Crippen LogP contribution in [0.4, 0.5) is 18.9 Å². The van der Waals surface area contributed by atoms with Crippen molar-refractivity contribution in [3.8, 4) is 17.1 Å². The summed E-state index contributed by atoms with van der Waals surface area (Å²) in [5.74, 6) is -1.64. The van der Waals surface area contributed by atoms with Crippen molar-refractivity contribution in [1.82, 2.24) is 9.97 Å². The van der Waals surface area contributed by atoms with Crippen molar-refractivity contribution in [1.29, 1.82) is 0 Å². The number of hydrogen-bond donors (Lipinski definition) is 2. The fraction of sp³-hybridized carbons (Fsp3) is 0.154. The number of carboxylic acid groups (broad SMARTS) is 1. The van der Waals surface area contributed by atoms with E-state index < -0.39 is 34.8 Å². The normalized spacial score (nSPS) is 11.3. The van der Waals surface area contributed by atoms with Crippen molar-refractivity contribution in [2.24, 2.45) is 0 Å². The molecule has 0 amide bonds. The highest BCUT2D eigenvalue weighted by Gasteiger charge is 2.37. The number of ether oxygens (including phenoxy) is 1. The first-order valence-electron chi connectivity index (χ1n) is 5.86. The van der Waals surface area contributed by atoms with Crippen LogP contribution in [0.3, 0.4) is 0 Å². The van der Waals surface area contributed by atoms with Gasteiger partial charge in [0.1, 0.15) is 0 Å². The quantitative estimate of drug-likeness (QED) is 0.903. The number of aromatic carboxylic acids is 1. The van der Waals surface area contributed by atoms with Gasteiger partial charge in [0, 0.05) is 6.20 Å². The molecule has 0 aliphatic carbocycles. The summed E-state index contributed by atoms with van der Waals surface area (Å²) in [5.41, 5.74) is 2.24.